The molecule has 0 radical (unpaired) electrons. The number of carbonyl (C=O) groups is 2. The zero-order chi connectivity index (χ0) is 18.7. The zero-order valence-electron chi connectivity index (χ0n) is 13.5. The third kappa shape index (κ3) is 4.25. The van der Waals surface area contributed by atoms with Crippen LogP contribution in [0.15, 0.2) is 47.8 Å². The van der Waals surface area contributed by atoms with Crippen LogP contribution < -0.4 is 10.6 Å². The van der Waals surface area contributed by atoms with Gasteiger partial charge in [0.1, 0.15) is 11.5 Å². The van der Waals surface area contributed by atoms with Gasteiger partial charge in [-0.2, -0.15) is 0 Å². The monoisotopic (exact) mass is 389 g/mol. The molecular formula is C18H13ClFN3O2S. The van der Waals surface area contributed by atoms with Gasteiger partial charge in [0.05, 0.1) is 0 Å². The van der Waals surface area contributed by atoms with Crippen molar-refractivity contribution >= 4 is 45.6 Å². The maximum absolute atomic E-state index is 13.5. The Bertz CT molecular complexity index is 973. The van der Waals surface area contributed by atoms with Crippen LogP contribution in [0.25, 0.3) is 0 Å². The van der Waals surface area contributed by atoms with Gasteiger partial charge in [-0.05, 0) is 48.9 Å². The van der Waals surface area contributed by atoms with Gasteiger partial charge in [-0.3, -0.25) is 14.9 Å². The molecule has 8 heteroatoms. The maximum Gasteiger partial charge on any atom is 0.275 e. The van der Waals surface area contributed by atoms with E-state index in [1.807, 2.05) is 0 Å². The summed E-state index contributed by atoms with van der Waals surface area (Å²) in [6.45, 7) is 1.64. The van der Waals surface area contributed by atoms with E-state index >= 15 is 0 Å². The molecule has 26 heavy (non-hydrogen) atoms. The number of aryl methyl sites for hydroxylation is 1. The van der Waals surface area contributed by atoms with E-state index in [0.29, 0.717) is 21.8 Å². The lowest BCUT2D eigenvalue weighted by atomic mass is 10.2. The highest BCUT2D eigenvalue weighted by Crippen LogP contribution is 2.19. The molecule has 0 atom stereocenters. The number of nitrogens with one attached hydrogen (secondary N) is 2. The quantitative estimate of drug-likeness (QED) is 0.676. The molecule has 3 aromatic rings. The van der Waals surface area contributed by atoms with E-state index in [0.717, 1.165) is 11.3 Å². The molecule has 132 valence electrons. The van der Waals surface area contributed by atoms with Crippen LogP contribution in [0.3, 0.4) is 0 Å². The minimum atomic E-state index is -0.489. The molecule has 0 aliphatic carbocycles. The number of hydrogen-bond acceptors (Lipinski definition) is 4. The second-order valence-corrected chi connectivity index (χ2v) is 6.71. The molecule has 3 rings (SSSR count). The van der Waals surface area contributed by atoms with E-state index in [-0.39, 0.29) is 16.7 Å². The van der Waals surface area contributed by atoms with Crippen molar-refractivity contribution in [2.75, 3.05) is 10.6 Å². The number of rotatable bonds is 4. The molecule has 1 heterocycles. The third-order valence-corrected chi connectivity index (χ3v) is 4.50. The largest absolute Gasteiger partial charge is 0.321 e. The number of amides is 2. The number of carbonyl (C=O) groups excluding carboxylic acids is 2. The average molecular weight is 390 g/mol. The Morgan fingerprint density at radius 2 is 1.81 bits per heavy atom. The highest BCUT2D eigenvalue weighted by atomic mass is 35.5. The summed E-state index contributed by atoms with van der Waals surface area (Å²) in [4.78, 5) is 28.4. The highest BCUT2D eigenvalue weighted by molar-refractivity contribution is 7.14. The molecule has 0 bridgehead atoms. The van der Waals surface area contributed by atoms with Crippen LogP contribution in [0, 0.1) is 12.7 Å². The van der Waals surface area contributed by atoms with Crippen molar-refractivity contribution in [3.63, 3.8) is 0 Å². The van der Waals surface area contributed by atoms with Crippen molar-refractivity contribution in [2.24, 2.45) is 0 Å². The summed E-state index contributed by atoms with van der Waals surface area (Å²) in [6.07, 6.45) is 0. The zero-order valence-corrected chi connectivity index (χ0v) is 15.1. The number of halogens is 2. The molecule has 0 saturated heterocycles. The van der Waals surface area contributed by atoms with Crippen molar-refractivity contribution in [1.82, 2.24) is 4.98 Å². The minimum Gasteiger partial charge on any atom is -0.321 e. The first-order chi connectivity index (χ1) is 12.4. The normalized spacial score (nSPS) is 10.4. The third-order valence-electron chi connectivity index (χ3n) is 3.49. The van der Waals surface area contributed by atoms with Crippen molar-refractivity contribution in [3.05, 3.63) is 75.5 Å². The molecule has 0 saturated carbocycles. The summed E-state index contributed by atoms with van der Waals surface area (Å²) < 4.78 is 13.5. The number of aromatic nitrogens is 1. The van der Waals surface area contributed by atoms with Gasteiger partial charge in [0.2, 0.25) is 0 Å². The van der Waals surface area contributed by atoms with E-state index in [1.54, 1.807) is 43.3 Å². The summed E-state index contributed by atoms with van der Waals surface area (Å²) in [7, 11) is 0. The Kier molecular flexibility index (Phi) is 5.29. The van der Waals surface area contributed by atoms with Gasteiger partial charge in [-0.25, -0.2) is 9.37 Å². The highest BCUT2D eigenvalue weighted by Gasteiger charge is 2.14. The van der Waals surface area contributed by atoms with Crippen LogP contribution in [-0.4, -0.2) is 16.8 Å². The molecule has 1 aromatic heterocycles. The fraction of sp³-hybridized carbons (Fsp3) is 0.0556. The molecule has 0 unspecified atom stereocenters. The Hall–Kier alpha value is -2.77. The fourth-order valence-electron chi connectivity index (χ4n) is 2.07. The predicted octanol–water partition coefficient (Wildman–Crippen LogP) is 4.75. The second kappa shape index (κ2) is 7.63. The fourth-order valence-corrected chi connectivity index (χ4v) is 2.88. The van der Waals surface area contributed by atoms with Gasteiger partial charge >= 0.3 is 0 Å². The summed E-state index contributed by atoms with van der Waals surface area (Å²) >= 11 is 6.91. The number of hydrogen-bond donors (Lipinski definition) is 2. The van der Waals surface area contributed by atoms with E-state index < -0.39 is 11.7 Å². The molecule has 0 aliphatic rings. The van der Waals surface area contributed by atoms with Crippen molar-refractivity contribution in [3.8, 4) is 0 Å². The lowest BCUT2D eigenvalue weighted by Gasteiger charge is -2.04. The van der Waals surface area contributed by atoms with Crippen molar-refractivity contribution < 1.29 is 14.0 Å². The van der Waals surface area contributed by atoms with Crippen LogP contribution in [-0.2, 0) is 0 Å². The Labute approximate surface area is 157 Å². The van der Waals surface area contributed by atoms with Gasteiger partial charge in [0.15, 0.2) is 5.13 Å². The summed E-state index contributed by atoms with van der Waals surface area (Å²) in [5.41, 5.74) is 1.37. The molecule has 2 aromatic carbocycles. The number of nitrogens with zero attached hydrogens (tertiary/aromatic N) is 1. The first-order valence-corrected chi connectivity index (χ1v) is 8.78. The van der Waals surface area contributed by atoms with Gasteiger partial charge < -0.3 is 5.32 Å². The van der Waals surface area contributed by atoms with E-state index in [2.05, 4.69) is 15.6 Å². The van der Waals surface area contributed by atoms with Gasteiger partial charge in [-0.1, -0.05) is 17.7 Å². The first kappa shape index (κ1) is 18.0. The Balaban J connectivity index is 1.66. The van der Waals surface area contributed by atoms with Gasteiger partial charge in [0, 0.05) is 21.7 Å². The lowest BCUT2D eigenvalue weighted by Crippen LogP contribution is -2.14. The Morgan fingerprint density at radius 1 is 1.08 bits per heavy atom. The van der Waals surface area contributed by atoms with Crippen LogP contribution in [0.5, 0.6) is 0 Å². The van der Waals surface area contributed by atoms with Crippen LogP contribution in [0.4, 0.5) is 15.2 Å². The van der Waals surface area contributed by atoms with Crippen molar-refractivity contribution in [1.29, 1.82) is 0 Å². The smallest absolute Gasteiger partial charge is 0.275 e. The van der Waals surface area contributed by atoms with Crippen molar-refractivity contribution in [2.45, 2.75) is 6.92 Å². The van der Waals surface area contributed by atoms with Crippen LogP contribution >= 0.6 is 22.9 Å². The standard InChI is InChI=1S/C18H13ClFN3O2S/c1-10-2-7-13(8-14(10)20)21-17(25)15-9-26-18(22-15)23-16(24)11-3-5-12(19)6-4-11/h2-9H,1H3,(H,21,25)(H,22,23,24). The molecule has 2 amide bonds. The van der Waals surface area contributed by atoms with Gasteiger partial charge in [-0.15, -0.1) is 11.3 Å². The second-order valence-electron chi connectivity index (χ2n) is 5.42. The summed E-state index contributed by atoms with van der Waals surface area (Å²) in [6, 6.07) is 10.8. The maximum atomic E-state index is 13.5. The van der Waals surface area contributed by atoms with E-state index in [4.69, 9.17) is 11.6 Å². The molecule has 5 nitrogen and oxygen atoms in total. The predicted molar refractivity (Wildman–Crippen MR) is 101 cm³/mol. The molecule has 2 N–H and O–H groups in total. The number of benzene rings is 2. The van der Waals surface area contributed by atoms with Crippen LogP contribution in [0.2, 0.25) is 5.02 Å². The molecular weight excluding hydrogens is 377 g/mol. The molecule has 0 aliphatic heterocycles. The number of thiazole rings is 1. The van der Waals surface area contributed by atoms with Crippen LogP contribution in [0.1, 0.15) is 26.4 Å². The Morgan fingerprint density at radius 3 is 2.50 bits per heavy atom. The minimum absolute atomic E-state index is 0.127. The SMILES string of the molecule is Cc1ccc(NC(=O)c2csc(NC(=O)c3ccc(Cl)cc3)n2)cc1F. The summed E-state index contributed by atoms with van der Waals surface area (Å²) in [5, 5.41) is 7.51. The van der Waals surface area contributed by atoms with Gasteiger partial charge in [0.25, 0.3) is 11.8 Å². The average Bonchev–Trinajstić information content (AvgIpc) is 3.07. The molecule has 0 spiro atoms. The van der Waals surface area contributed by atoms with E-state index in [1.165, 1.54) is 11.4 Å². The van der Waals surface area contributed by atoms with E-state index in [9.17, 15) is 14.0 Å². The first-order valence-electron chi connectivity index (χ1n) is 7.52. The summed E-state index contributed by atoms with van der Waals surface area (Å²) in [5.74, 6) is -1.25. The number of anilines is 2. The molecule has 0 fully saturated rings. The lowest BCUT2D eigenvalue weighted by molar-refractivity contribution is 0.101. The topological polar surface area (TPSA) is 71.1 Å².